The predicted octanol–water partition coefficient (Wildman–Crippen LogP) is 2.56. The summed E-state index contributed by atoms with van der Waals surface area (Å²) in [6.07, 6.45) is 0. The maximum atomic E-state index is 12.7. The van der Waals surface area contributed by atoms with Crippen LogP contribution in [0.15, 0.2) is 35.2 Å². The van der Waals surface area contributed by atoms with Crippen LogP contribution in [0.4, 0.5) is 0 Å². The van der Waals surface area contributed by atoms with Gasteiger partial charge in [-0.15, -0.1) is 0 Å². The Balaban J connectivity index is 1.84. The highest BCUT2D eigenvalue weighted by atomic mass is 35.5. The number of methoxy groups -OCH3 is 2. The Labute approximate surface area is 150 Å². The first-order valence-electron chi connectivity index (χ1n) is 7.24. The number of fused-ring (bicyclic) bond motifs is 1. The van der Waals surface area contributed by atoms with Gasteiger partial charge in [0.1, 0.15) is 16.4 Å². The van der Waals surface area contributed by atoms with Crippen molar-refractivity contribution in [2.75, 3.05) is 21.0 Å². The van der Waals surface area contributed by atoms with Crippen molar-refractivity contribution >= 4 is 21.6 Å². The Morgan fingerprint density at radius 1 is 1.08 bits per heavy atom. The first kappa shape index (κ1) is 17.7. The number of nitrogens with one attached hydrogen (secondary N) is 1. The summed E-state index contributed by atoms with van der Waals surface area (Å²) in [5.41, 5.74) is 0.729. The molecule has 3 rings (SSSR count). The summed E-state index contributed by atoms with van der Waals surface area (Å²) in [6.45, 7) is 0.235. The lowest BCUT2D eigenvalue weighted by Gasteiger charge is -2.13. The van der Waals surface area contributed by atoms with Gasteiger partial charge in [0.05, 0.1) is 19.2 Å². The van der Waals surface area contributed by atoms with Gasteiger partial charge in [0.25, 0.3) is 0 Å². The summed E-state index contributed by atoms with van der Waals surface area (Å²) in [5.74, 6) is 1.59. The van der Waals surface area contributed by atoms with E-state index < -0.39 is 10.0 Å². The van der Waals surface area contributed by atoms with Crippen molar-refractivity contribution in [3.63, 3.8) is 0 Å². The summed E-state index contributed by atoms with van der Waals surface area (Å²) in [7, 11) is -1.07. The van der Waals surface area contributed by atoms with Crippen LogP contribution in [-0.4, -0.2) is 29.4 Å². The third kappa shape index (κ3) is 3.60. The van der Waals surface area contributed by atoms with Crippen LogP contribution < -0.4 is 23.7 Å². The Morgan fingerprint density at radius 3 is 2.52 bits per heavy atom. The van der Waals surface area contributed by atoms with Crippen LogP contribution in [0.2, 0.25) is 5.02 Å². The second-order valence-corrected chi connectivity index (χ2v) is 7.29. The maximum absolute atomic E-state index is 12.7. The lowest BCUT2D eigenvalue weighted by Crippen LogP contribution is -2.23. The SMILES string of the molecule is COc1cc(S(=O)(=O)NCc2ccc3c(c2)OCO3)c(OC)cc1Cl. The fourth-order valence-corrected chi connectivity index (χ4v) is 3.76. The van der Waals surface area contributed by atoms with Gasteiger partial charge in [-0.1, -0.05) is 17.7 Å². The standard InChI is InChI=1S/C16H16ClNO6S/c1-21-13-7-16(15(22-2)6-11(13)17)25(19,20)18-8-10-3-4-12-14(5-10)24-9-23-12/h3-7,18H,8-9H2,1-2H3. The normalized spacial score (nSPS) is 12.9. The number of hydrogen-bond donors (Lipinski definition) is 1. The molecule has 1 aliphatic rings. The fourth-order valence-electron chi connectivity index (χ4n) is 2.35. The van der Waals surface area contributed by atoms with Crippen molar-refractivity contribution in [2.24, 2.45) is 0 Å². The number of halogens is 1. The molecule has 0 fully saturated rings. The Morgan fingerprint density at radius 2 is 1.80 bits per heavy atom. The summed E-state index contributed by atoms with van der Waals surface area (Å²) in [4.78, 5) is -0.0583. The molecular weight excluding hydrogens is 370 g/mol. The van der Waals surface area contributed by atoms with Gasteiger partial charge in [-0.2, -0.15) is 0 Å². The number of sulfonamides is 1. The van der Waals surface area contributed by atoms with E-state index in [2.05, 4.69) is 4.72 Å². The van der Waals surface area contributed by atoms with Gasteiger partial charge in [-0.3, -0.25) is 0 Å². The summed E-state index contributed by atoms with van der Waals surface area (Å²) in [5, 5.41) is 0.258. The van der Waals surface area contributed by atoms with Crippen LogP contribution in [-0.2, 0) is 16.6 Å². The predicted molar refractivity (Wildman–Crippen MR) is 91.1 cm³/mol. The smallest absolute Gasteiger partial charge is 0.244 e. The fraction of sp³-hybridized carbons (Fsp3) is 0.250. The van der Waals surface area contributed by atoms with Crippen molar-refractivity contribution in [3.05, 3.63) is 40.9 Å². The van der Waals surface area contributed by atoms with E-state index in [4.69, 9.17) is 30.5 Å². The Kier molecular flexibility index (Phi) is 4.94. The van der Waals surface area contributed by atoms with Crippen molar-refractivity contribution in [3.8, 4) is 23.0 Å². The largest absolute Gasteiger partial charge is 0.495 e. The lowest BCUT2D eigenvalue weighted by atomic mass is 10.2. The molecule has 134 valence electrons. The third-order valence-electron chi connectivity index (χ3n) is 3.63. The molecule has 25 heavy (non-hydrogen) atoms. The second kappa shape index (κ2) is 6.99. The van der Waals surface area contributed by atoms with Crippen molar-refractivity contribution < 1.29 is 27.4 Å². The molecule has 1 N–H and O–H groups in total. The first-order valence-corrected chi connectivity index (χ1v) is 9.10. The van der Waals surface area contributed by atoms with Gasteiger partial charge in [0.15, 0.2) is 11.5 Å². The zero-order chi connectivity index (χ0) is 18.0. The van der Waals surface area contributed by atoms with Crippen molar-refractivity contribution in [1.29, 1.82) is 0 Å². The van der Waals surface area contributed by atoms with Crippen molar-refractivity contribution in [1.82, 2.24) is 4.72 Å². The molecule has 0 amide bonds. The number of benzene rings is 2. The Hall–Kier alpha value is -2.16. The molecule has 0 saturated carbocycles. The van der Waals surface area contributed by atoms with Crippen LogP contribution >= 0.6 is 11.6 Å². The molecule has 0 aliphatic carbocycles. The van der Waals surface area contributed by atoms with Crippen LogP contribution in [0.25, 0.3) is 0 Å². The van der Waals surface area contributed by atoms with Gasteiger partial charge >= 0.3 is 0 Å². The molecular formula is C16H16ClNO6S. The molecule has 0 unspecified atom stereocenters. The zero-order valence-electron chi connectivity index (χ0n) is 13.5. The molecule has 9 heteroatoms. The molecule has 2 aromatic carbocycles. The van der Waals surface area contributed by atoms with E-state index in [0.29, 0.717) is 11.5 Å². The highest BCUT2D eigenvalue weighted by Gasteiger charge is 2.22. The van der Waals surface area contributed by atoms with Gasteiger partial charge in [-0.25, -0.2) is 13.1 Å². The maximum Gasteiger partial charge on any atom is 0.244 e. The minimum absolute atomic E-state index is 0.0583. The van der Waals surface area contributed by atoms with Gasteiger partial charge < -0.3 is 18.9 Å². The molecule has 0 saturated heterocycles. The first-order chi connectivity index (χ1) is 11.9. The quantitative estimate of drug-likeness (QED) is 0.822. The molecule has 0 spiro atoms. The van der Waals surface area contributed by atoms with E-state index in [9.17, 15) is 8.42 Å². The molecule has 2 aromatic rings. The number of hydrogen-bond acceptors (Lipinski definition) is 6. The van der Waals surface area contributed by atoms with E-state index >= 15 is 0 Å². The second-order valence-electron chi connectivity index (χ2n) is 5.15. The van der Waals surface area contributed by atoms with E-state index in [1.165, 1.54) is 26.4 Å². The Bertz CT molecular complexity index is 900. The number of rotatable bonds is 6. The van der Waals surface area contributed by atoms with E-state index in [0.717, 1.165) is 5.56 Å². The molecule has 7 nitrogen and oxygen atoms in total. The molecule has 1 heterocycles. The average molecular weight is 386 g/mol. The average Bonchev–Trinajstić information content (AvgIpc) is 3.07. The monoisotopic (exact) mass is 385 g/mol. The zero-order valence-corrected chi connectivity index (χ0v) is 15.1. The molecule has 1 aliphatic heterocycles. The van der Waals surface area contributed by atoms with Crippen LogP contribution in [0.5, 0.6) is 23.0 Å². The van der Waals surface area contributed by atoms with Crippen LogP contribution in [0, 0.1) is 0 Å². The van der Waals surface area contributed by atoms with Crippen molar-refractivity contribution in [2.45, 2.75) is 11.4 Å². The highest BCUT2D eigenvalue weighted by Crippen LogP contribution is 2.35. The summed E-state index contributed by atoms with van der Waals surface area (Å²) < 4.78 is 48.6. The van der Waals surface area contributed by atoms with Gasteiger partial charge in [-0.05, 0) is 17.7 Å². The van der Waals surface area contributed by atoms with E-state index in [1.54, 1.807) is 18.2 Å². The van der Waals surface area contributed by atoms with Crippen LogP contribution in [0.1, 0.15) is 5.56 Å². The molecule has 0 radical (unpaired) electrons. The minimum atomic E-state index is -3.85. The number of ether oxygens (including phenoxy) is 4. The molecule has 0 atom stereocenters. The topological polar surface area (TPSA) is 83.1 Å². The molecule has 0 aromatic heterocycles. The van der Waals surface area contributed by atoms with Gasteiger partial charge in [0.2, 0.25) is 16.8 Å². The van der Waals surface area contributed by atoms with E-state index in [1.807, 2.05) is 0 Å². The minimum Gasteiger partial charge on any atom is -0.495 e. The third-order valence-corrected chi connectivity index (χ3v) is 5.35. The summed E-state index contributed by atoms with van der Waals surface area (Å²) in [6, 6.07) is 7.94. The lowest BCUT2D eigenvalue weighted by molar-refractivity contribution is 0.174. The van der Waals surface area contributed by atoms with Gasteiger partial charge in [0, 0.05) is 18.7 Å². The van der Waals surface area contributed by atoms with Crippen LogP contribution in [0.3, 0.4) is 0 Å². The highest BCUT2D eigenvalue weighted by molar-refractivity contribution is 7.89. The van der Waals surface area contributed by atoms with E-state index in [-0.39, 0.29) is 34.8 Å². The molecule has 0 bridgehead atoms. The summed E-state index contributed by atoms with van der Waals surface area (Å²) >= 11 is 6.01.